The van der Waals surface area contributed by atoms with Crippen LogP contribution in [-0.4, -0.2) is 24.3 Å². The summed E-state index contributed by atoms with van der Waals surface area (Å²) in [5.74, 6) is -0.657. The minimum atomic E-state index is -0.552. The van der Waals surface area contributed by atoms with E-state index in [2.05, 4.69) is 10.5 Å². The Morgan fingerprint density at radius 3 is 2.83 bits per heavy atom. The number of carbonyl (C=O) groups excluding carboxylic acids is 1. The minimum absolute atomic E-state index is 0.212. The molecule has 1 fully saturated rings. The van der Waals surface area contributed by atoms with E-state index in [1.165, 1.54) is 25.7 Å². The number of hydrogen-bond acceptors (Lipinski definition) is 5. The van der Waals surface area contributed by atoms with E-state index in [-0.39, 0.29) is 17.3 Å². The molecule has 1 aromatic carbocycles. The standard InChI is InChI=1S/C17H19FN2O3/c1-22-17(21)14-15(11-6-5-7-12(18)10-11)20-23-16(14)19-13-8-3-2-4-9-13/h5-7,10,13,19H,2-4,8-9H2,1H3. The zero-order valence-electron chi connectivity index (χ0n) is 13.0. The Morgan fingerprint density at radius 1 is 1.35 bits per heavy atom. The fraction of sp³-hybridized carbons (Fsp3) is 0.412. The van der Waals surface area contributed by atoms with Crippen LogP contribution in [0.2, 0.25) is 0 Å². The number of anilines is 1. The van der Waals surface area contributed by atoms with Gasteiger partial charge in [0.05, 0.1) is 7.11 Å². The van der Waals surface area contributed by atoms with Crippen LogP contribution in [-0.2, 0) is 4.74 Å². The van der Waals surface area contributed by atoms with Gasteiger partial charge in [0, 0.05) is 11.6 Å². The van der Waals surface area contributed by atoms with Crippen LogP contribution in [0.4, 0.5) is 10.3 Å². The number of halogens is 1. The second-order valence-corrected chi connectivity index (χ2v) is 5.72. The van der Waals surface area contributed by atoms with Crippen molar-refractivity contribution in [3.05, 3.63) is 35.6 Å². The van der Waals surface area contributed by atoms with Crippen LogP contribution in [0.1, 0.15) is 42.5 Å². The van der Waals surface area contributed by atoms with E-state index in [0.717, 1.165) is 25.7 Å². The summed E-state index contributed by atoms with van der Waals surface area (Å²) >= 11 is 0. The lowest BCUT2D eigenvalue weighted by Crippen LogP contribution is -2.23. The summed E-state index contributed by atoms with van der Waals surface area (Å²) in [5.41, 5.74) is 0.976. The van der Waals surface area contributed by atoms with Gasteiger partial charge in [0.1, 0.15) is 11.5 Å². The maximum atomic E-state index is 13.5. The molecule has 0 unspecified atom stereocenters. The van der Waals surface area contributed by atoms with Crippen molar-refractivity contribution in [1.29, 1.82) is 0 Å². The molecular formula is C17H19FN2O3. The van der Waals surface area contributed by atoms with Gasteiger partial charge < -0.3 is 14.6 Å². The van der Waals surface area contributed by atoms with Crippen molar-refractivity contribution in [3.63, 3.8) is 0 Å². The van der Waals surface area contributed by atoms with E-state index in [1.54, 1.807) is 12.1 Å². The van der Waals surface area contributed by atoms with Crippen LogP contribution in [0.25, 0.3) is 11.3 Å². The zero-order chi connectivity index (χ0) is 16.2. The molecule has 3 rings (SSSR count). The number of benzene rings is 1. The van der Waals surface area contributed by atoms with Crippen molar-refractivity contribution < 1.29 is 18.4 Å². The second kappa shape index (κ2) is 6.81. The monoisotopic (exact) mass is 318 g/mol. The van der Waals surface area contributed by atoms with Gasteiger partial charge in [0.15, 0.2) is 5.56 Å². The quantitative estimate of drug-likeness (QED) is 0.863. The fourth-order valence-corrected chi connectivity index (χ4v) is 2.95. The summed E-state index contributed by atoms with van der Waals surface area (Å²) in [4.78, 5) is 12.2. The number of carbonyl (C=O) groups is 1. The topological polar surface area (TPSA) is 64.4 Å². The molecular weight excluding hydrogens is 299 g/mol. The third-order valence-electron chi connectivity index (χ3n) is 4.12. The van der Waals surface area contributed by atoms with E-state index < -0.39 is 11.8 Å². The molecule has 5 nitrogen and oxygen atoms in total. The number of aromatic nitrogens is 1. The third-order valence-corrected chi connectivity index (χ3v) is 4.12. The van der Waals surface area contributed by atoms with Gasteiger partial charge in [-0.1, -0.05) is 36.6 Å². The van der Waals surface area contributed by atoms with Crippen LogP contribution in [0.5, 0.6) is 0 Å². The van der Waals surface area contributed by atoms with Gasteiger partial charge in [0.2, 0.25) is 5.88 Å². The third kappa shape index (κ3) is 3.36. The molecule has 0 saturated heterocycles. The van der Waals surface area contributed by atoms with E-state index in [0.29, 0.717) is 11.4 Å². The summed E-state index contributed by atoms with van der Waals surface area (Å²) in [7, 11) is 1.30. The smallest absolute Gasteiger partial charge is 0.345 e. The van der Waals surface area contributed by atoms with Crippen molar-refractivity contribution in [3.8, 4) is 11.3 Å². The SMILES string of the molecule is COC(=O)c1c(-c2cccc(F)c2)noc1NC1CCCCC1. The number of nitrogens with one attached hydrogen (secondary N) is 1. The first-order valence-electron chi connectivity index (χ1n) is 7.79. The Balaban J connectivity index is 1.95. The van der Waals surface area contributed by atoms with Crippen LogP contribution in [0, 0.1) is 5.82 Å². The second-order valence-electron chi connectivity index (χ2n) is 5.72. The molecule has 23 heavy (non-hydrogen) atoms. The largest absolute Gasteiger partial charge is 0.465 e. The molecule has 0 amide bonds. The van der Waals surface area contributed by atoms with Crippen LogP contribution >= 0.6 is 0 Å². The normalized spacial score (nSPS) is 15.4. The van der Waals surface area contributed by atoms with Crippen molar-refractivity contribution in [2.75, 3.05) is 12.4 Å². The first-order valence-corrected chi connectivity index (χ1v) is 7.79. The van der Waals surface area contributed by atoms with Crippen molar-refractivity contribution >= 4 is 11.9 Å². The molecule has 1 heterocycles. The molecule has 0 bridgehead atoms. The van der Waals surface area contributed by atoms with Gasteiger partial charge in [-0.3, -0.25) is 0 Å². The molecule has 122 valence electrons. The number of rotatable bonds is 4. The Morgan fingerprint density at radius 2 is 2.13 bits per heavy atom. The molecule has 1 N–H and O–H groups in total. The summed E-state index contributed by atoms with van der Waals surface area (Å²) in [6.07, 6.45) is 5.58. The lowest BCUT2D eigenvalue weighted by atomic mass is 9.95. The van der Waals surface area contributed by atoms with Crippen LogP contribution < -0.4 is 5.32 Å². The first kappa shape index (κ1) is 15.5. The minimum Gasteiger partial charge on any atom is -0.465 e. The van der Waals surface area contributed by atoms with E-state index in [1.807, 2.05) is 0 Å². The Kier molecular flexibility index (Phi) is 4.60. The predicted molar refractivity (Wildman–Crippen MR) is 83.7 cm³/mol. The zero-order valence-corrected chi connectivity index (χ0v) is 13.0. The van der Waals surface area contributed by atoms with Crippen molar-refractivity contribution in [2.24, 2.45) is 0 Å². The van der Waals surface area contributed by atoms with Gasteiger partial charge in [-0.05, 0) is 25.0 Å². The van der Waals surface area contributed by atoms with Gasteiger partial charge in [-0.2, -0.15) is 0 Å². The highest BCUT2D eigenvalue weighted by molar-refractivity contribution is 6.00. The molecule has 0 radical (unpaired) electrons. The number of hydrogen-bond donors (Lipinski definition) is 1. The summed E-state index contributed by atoms with van der Waals surface area (Å²) < 4.78 is 23.6. The number of ether oxygens (including phenoxy) is 1. The molecule has 0 spiro atoms. The molecule has 0 atom stereocenters. The van der Waals surface area contributed by atoms with Crippen LogP contribution in [0.15, 0.2) is 28.8 Å². The maximum absolute atomic E-state index is 13.5. The van der Waals surface area contributed by atoms with Gasteiger partial charge >= 0.3 is 5.97 Å². The molecule has 1 aromatic heterocycles. The van der Waals surface area contributed by atoms with Crippen molar-refractivity contribution in [2.45, 2.75) is 38.1 Å². The molecule has 6 heteroatoms. The number of methoxy groups -OCH3 is 1. The molecule has 2 aromatic rings. The number of nitrogens with zero attached hydrogens (tertiary/aromatic N) is 1. The van der Waals surface area contributed by atoms with E-state index in [9.17, 15) is 9.18 Å². The lowest BCUT2D eigenvalue weighted by molar-refractivity contribution is 0.0602. The lowest BCUT2D eigenvalue weighted by Gasteiger charge is -2.22. The Bertz CT molecular complexity index is 693. The van der Waals surface area contributed by atoms with Gasteiger partial charge in [-0.25, -0.2) is 9.18 Å². The highest BCUT2D eigenvalue weighted by Gasteiger charge is 2.27. The van der Waals surface area contributed by atoms with Gasteiger partial charge in [-0.15, -0.1) is 0 Å². The predicted octanol–water partition coefficient (Wildman–Crippen LogP) is 4.01. The average Bonchev–Trinajstić information content (AvgIpc) is 2.98. The molecule has 1 aliphatic rings. The highest BCUT2D eigenvalue weighted by atomic mass is 19.1. The van der Waals surface area contributed by atoms with E-state index >= 15 is 0 Å². The van der Waals surface area contributed by atoms with Crippen molar-refractivity contribution in [1.82, 2.24) is 5.16 Å². The molecule has 0 aliphatic heterocycles. The summed E-state index contributed by atoms with van der Waals surface area (Å²) in [6.45, 7) is 0. The Hall–Kier alpha value is -2.37. The Labute approximate surface area is 133 Å². The molecule has 1 saturated carbocycles. The fourth-order valence-electron chi connectivity index (χ4n) is 2.95. The maximum Gasteiger partial charge on any atom is 0.345 e. The summed E-state index contributed by atoms with van der Waals surface area (Å²) in [5, 5.41) is 7.20. The first-order chi connectivity index (χ1) is 11.2. The van der Waals surface area contributed by atoms with Gasteiger partial charge in [0.25, 0.3) is 0 Å². The highest BCUT2D eigenvalue weighted by Crippen LogP contribution is 2.32. The summed E-state index contributed by atoms with van der Waals surface area (Å²) in [6, 6.07) is 6.14. The molecule has 1 aliphatic carbocycles. The van der Waals surface area contributed by atoms with Crippen LogP contribution in [0.3, 0.4) is 0 Å². The average molecular weight is 318 g/mol. The number of esters is 1. The van der Waals surface area contributed by atoms with E-state index in [4.69, 9.17) is 9.26 Å².